The first kappa shape index (κ1) is 14.0. The molecule has 0 bridgehead atoms. The number of aliphatic hydroxyl groups excluding tert-OH is 1. The topological polar surface area (TPSA) is 60.2 Å². The second-order valence-electron chi connectivity index (χ2n) is 4.13. The Labute approximate surface area is 120 Å². The molecule has 2 aromatic rings. The van der Waals surface area contributed by atoms with Crippen LogP contribution in [0.4, 0.5) is 0 Å². The van der Waals surface area contributed by atoms with Crippen molar-refractivity contribution >= 4 is 15.9 Å². The van der Waals surface area contributed by atoms with Gasteiger partial charge >= 0.3 is 0 Å². The van der Waals surface area contributed by atoms with Gasteiger partial charge in [0.05, 0.1) is 18.8 Å². The summed E-state index contributed by atoms with van der Waals surface area (Å²) in [6.45, 7) is 3.01. The van der Waals surface area contributed by atoms with E-state index in [9.17, 15) is 5.11 Å². The molecule has 1 heterocycles. The fraction of sp³-hybridized carbons (Fsp3) is 0.385. The fourth-order valence-electron chi connectivity index (χ4n) is 1.57. The Balaban J connectivity index is 1.82. The third kappa shape index (κ3) is 4.04. The van der Waals surface area contributed by atoms with E-state index in [1.807, 2.05) is 31.2 Å². The van der Waals surface area contributed by atoms with E-state index in [1.165, 1.54) is 0 Å². The molecule has 0 aliphatic carbocycles. The number of hydrogen-bond acceptors (Lipinski definition) is 4. The van der Waals surface area contributed by atoms with Gasteiger partial charge < -0.3 is 9.84 Å². The van der Waals surface area contributed by atoms with Crippen LogP contribution in [-0.4, -0.2) is 26.7 Å². The van der Waals surface area contributed by atoms with E-state index in [0.29, 0.717) is 25.3 Å². The van der Waals surface area contributed by atoms with Crippen molar-refractivity contribution in [3.8, 4) is 5.75 Å². The Morgan fingerprint density at radius 1 is 1.37 bits per heavy atom. The summed E-state index contributed by atoms with van der Waals surface area (Å²) >= 11 is 3.37. The maximum atomic E-state index is 9.62. The summed E-state index contributed by atoms with van der Waals surface area (Å²) in [5.74, 6) is 0.817. The standard InChI is InChI=1S/C13H16BrN3O2/c1-2-13(18)12-9-17(16-15-12)7-8-19-11-5-3-10(14)4-6-11/h3-6,9,13,18H,2,7-8H2,1H3. The molecule has 0 radical (unpaired) electrons. The summed E-state index contributed by atoms with van der Waals surface area (Å²) in [5, 5.41) is 17.5. The molecule has 0 aliphatic rings. The molecule has 1 aromatic heterocycles. The SMILES string of the molecule is CCC(O)c1cn(CCOc2ccc(Br)cc2)nn1. The van der Waals surface area contributed by atoms with Gasteiger partial charge in [-0.25, -0.2) is 4.68 Å². The molecule has 102 valence electrons. The van der Waals surface area contributed by atoms with E-state index in [-0.39, 0.29) is 0 Å². The van der Waals surface area contributed by atoms with Crippen molar-refractivity contribution in [2.24, 2.45) is 0 Å². The van der Waals surface area contributed by atoms with Crippen LogP contribution in [0.15, 0.2) is 34.9 Å². The summed E-state index contributed by atoms with van der Waals surface area (Å²) in [6, 6.07) is 7.66. The second kappa shape index (κ2) is 6.68. The van der Waals surface area contributed by atoms with E-state index >= 15 is 0 Å². The molecular weight excluding hydrogens is 310 g/mol. The van der Waals surface area contributed by atoms with Crippen molar-refractivity contribution in [1.82, 2.24) is 15.0 Å². The highest BCUT2D eigenvalue weighted by molar-refractivity contribution is 9.10. The minimum atomic E-state index is -0.541. The average Bonchev–Trinajstić information content (AvgIpc) is 2.89. The minimum Gasteiger partial charge on any atom is -0.492 e. The van der Waals surface area contributed by atoms with E-state index in [2.05, 4.69) is 26.2 Å². The van der Waals surface area contributed by atoms with Gasteiger partial charge in [0.25, 0.3) is 0 Å². The van der Waals surface area contributed by atoms with Crippen LogP contribution in [0, 0.1) is 0 Å². The Kier molecular flexibility index (Phi) is 4.93. The molecular formula is C13H16BrN3O2. The Hall–Kier alpha value is -1.40. The van der Waals surface area contributed by atoms with Gasteiger partial charge in [-0.15, -0.1) is 5.10 Å². The third-order valence-electron chi connectivity index (χ3n) is 2.69. The number of aliphatic hydroxyl groups is 1. The van der Waals surface area contributed by atoms with Crippen LogP contribution in [0.2, 0.25) is 0 Å². The molecule has 0 fully saturated rings. The van der Waals surface area contributed by atoms with Gasteiger partial charge in [-0.3, -0.25) is 0 Å². The number of aromatic nitrogens is 3. The summed E-state index contributed by atoms with van der Waals surface area (Å²) < 4.78 is 8.29. The normalized spacial score (nSPS) is 12.4. The molecule has 1 N–H and O–H groups in total. The minimum absolute atomic E-state index is 0.507. The highest BCUT2D eigenvalue weighted by atomic mass is 79.9. The average molecular weight is 326 g/mol. The van der Waals surface area contributed by atoms with Crippen LogP contribution in [0.25, 0.3) is 0 Å². The maximum absolute atomic E-state index is 9.62. The van der Waals surface area contributed by atoms with Gasteiger partial charge in [0.1, 0.15) is 18.1 Å². The number of nitrogens with zero attached hydrogens (tertiary/aromatic N) is 3. The Bertz CT molecular complexity index is 513. The number of rotatable bonds is 6. The Morgan fingerprint density at radius 2 is 2.11 bits per heavy atom. The number of ether oxygens (including phenoxy) is 1. The van der Waals surface area contributed by atoms with Crippen LogP contribution >= 0.6 is 15.9 Å². The quantitative estimate of drug-likeness (QED) is 0.886. The van der Waals surface area contributed by atoms with Crippen molar-refractivity contribution in [3.05, 3.63) is 40.6 Å². The molecule has 0 amide bonds. The lowest BCUT2D eigenvalue weighted by Crippen LogP contribution is -2.08. The van der Waals surface area contributed by atoms with E-state index in [4.69, 9.17) is 4.74 Å². The maximum Gasteiger partial charge on any atom is 0.119 e. The molecule has 0 saturated carbocycles. The second-order valence-corrected chi connectivity index (χ2v) is 5.05. The van der Waals surface area contributed by atoms with Gasteiger partial charge in [-0.2, -0.15) is 0 Å². The third-order valence-corrected chi connectivity index (χ3v) is 3.22. The van der Waals surface area contributed by atoms with E-state index in [1.54, 1.807) is 10.9 Å². The van der Waals surface area contributed by atoms with Crippen LogP contribution in [0.5, 0.6) is 5.75 Å². The number of benzene rings is 1. The monoisotopic (exact) mass is 325 g/mol. The first-order valence-corrected chi connectivity index (χ1v) is 6.95. The molecule has 2 rings (SSSR count). The summed E-state index contributed by atoms with van der Waals surface area (Å²) in [6.07, 6.45) is 1.84. The summed E-state index contributed by atoms with van der Waals surface area (Å²) in [5.41, 5.74) is 0.603. The molecule has 6 heteroatoms. The van der Waals surface area contributed by atoms with E-state index < -0.39 is 6.10 Å². The van der Waals surface area contributed by atoms with Gasteiger partial charge in [0.15, 0.2) is 0 Å². The number of halogens is 1. The molecule has 1 unspecified atom stereocenters. The van der Waals surface area contributed by atoms with Gasteiger partial charge in [0, 0.05) is 4.47 Å². The molecule has 19 heavy (non-hydrogen) atoms. The molecule has 1 aromatic carbocycles. The van der Waals surface area contributed by atoms with Gasteiger partial charge in [-0.1, -0.05) is 28.1 Å². The van der Waals surface area contributed by atoms with Gasteiger partial charge in [-0.05, 0) is 30.7 Å². The smallest absolute Gasteiger partial charge is 0.119 e. The first-order valence-electron chi connectivity index (χ1n) is 6.15. The van der Waals surface area contributed by atoms with Crippen LogP contribution in [0.1, 0.15) is 25.1 Å². The summed E-state index contributed by atoms with van der Waals surface area (Å²) in [4.78, 5) is 0. The van der Waals surface area contributed by atoms with Gasteiger partial charge in [0.2, 0.25) is 0 Å². The zero-order valence-corrected chi connectivity index (χ0v) is 12.2. The van der Waals surface area contributed by atoms with Crippen molar-refractivity contribution in [3.63, 3.8) is 0 Å². The van der Waals surface area contributed by atoms with Crippen molar-refractivity contribution < 1.29 is 9.84 Å². The summed E-state index contributed by atoms with van der Waals surface area (Å²) in [7, 11) is 0. The largest absolute Gasteiger partial charge is 0.492 e. The highest BCUT2D eigenvalue weighted by Gasteiger charge is 2.09. The lowest BCUT2D eigenvalue weighted by atomic mass is 10.2. The lowest BCUT2D eigenvalue weighted by molar-refractivity contribution is 0.168. The van der Waals surface area contributed by atoms with Crippen LogP contribution in [0.3, 0.4) is 0 Å². The van der Waals surface area contributed by atoms with Crippen LogP contribution < -0.4 is 4.74 Å². The molecule has 5 nitrogen and oxygen atoms in total. The van der Waals surface area contributed by atoms with Crippen molar-refractivity contribution in [2.75, 3.05) is 6.61 Å². The lowest BCUT2D eigenvalue weighted by Gasteiger charge is -2.05. The zero-order valence-electron chi connectivity index (χ0n) is 10.7. The van der Waals surface area contributed by atoms with Crippen molar-refractivity contribution in [2.45, 2.75) is 26.0 Å². The van der Waals surface area contributed by atoms with Crippen molar-refractivity contribution in [1.29, 1.82) is 0 Å². The predicted octanol–water partition coefficient (Wildman–Crippen LogP) is 2.56. The van der Waals surface area contributed by atoms with Crippen LogP contribution in [-0.2, 0) is 6.54 Å². The Morgan fingerprint density at radius 3 is 2.79 bits per heavy atom. The number of hydrogen-bond donors (Lipinski definition) is 1. The first-order chi connectivity index (χ1) is 9.19. The molecule has 1 atom stereocenters. The molecule has 0 spiro atoms. The highest BCUT2D eigenvalue weighted by Crippen LogP contribution is 2.16. The zero-order chi connectivity index (χ0) is 13.7. The molecule has 0 saturated heterocycles. The van der Waals surface area contributed by atoms with E-state index in [0.717, 1.165) is 10.2 Å². The molecule has 0 aliphatic heterocycles. The fourth-order valence-corrected chi connectivity index (χ4v) is 1.84. The predicted molar refractivity (Wildman–Crippen MR) is 74.9 cm³/mol.